The molecule has 0 saturated heterocycles. The number of nitrogens with one attached hydrogen (secondary N) is 1. The van der Waals surface area contributed by atoms with Crippen molar-refractivity contribution in [2.24, 2.45) is 0 Å². The monoisotopic (exact) mass is 210 g/mol. The third-order valence-electron chi connectivity index (χ3n) is 2.70. The van der Waals surface area contributed by atoms with E-state index in [0.29, 0.717) is 0 Å². The molecule has 0 aromatic carbocycles. The SMILES string of the molecule is CCOCCc1noc2c1CCCCN2. The van der Waals surface area contributed by atoms with Crippen molar-refractivity contribution in [2.75, 3.05) is 25.1 Å². The second kappa shape index (κ2) is 5.16. The van der Waals surface area contributed by atoms with Gasteiger partial charge >= 0.3 is 0 Å². The van der Waals surface area contributed by atoms with E-state index in [2.05, 4.69) is 10.5 Å². The average molecular weight is 210 g/mol. The summed E-state index contributed by atoms with van der Waals surface area (Å²) in [6.07, 6.45) is 4.35. The fraction of sp³-hybridized carbons (Fsp3) is 0.727. The Bertz CT molecular complexity index is 310. The number of anilines is 1. The highest BCUT2D eigenvalue weighted by atomic mass is 16.5. The minimum atomic E-state index is 0.732. The molecule has 84 valence electrons. The molecule has 0 aliphatic carbocycles. The van der Waals surface area contributed by atoms with Gasteiger partial charge in [0.25, 0.3) is 0 Å². The summed E-state index contributed by atoms with van der Waals surface area (Å²) in [5, 5.41) is 7.36. The van der Waals surface area contributed by atoms with Gasteiger partial charge in [-0.3, -0.25) is 0 Å². The van der Waals surface area contributed by atoms with Crippen LogP contribution in [0.3, 0.4) is 0 Å². The van der Waals surface area contributed by atoms with Gasteiger partial charge in [0.1, 0.15) is 0 Å². The third-order valence-corrected chi connectivity index (χ3v) is 2.70. The van der Waals surface area contributed by atoms with E-state index in [1.165, 1.54) is 18.4 Å². The average Bonchev–Trinajstić information content (AvgIpc) is 2.50. The fourth-order valence-corrected chi connectivity index (χ4v) is 1.88. The second-order valence-corrected chi connectivity index (χ2v) is 3.77. The molecule has 0 amide bonds. The molecular weight excluding hydrogens is 192 g/mol. The van der Waals surface area contributed by atoms with Gasteiger partial charge in [0.05, 0.1) is 12.3 Å². The van der Waals surface area contributed by atoms with E-state index in [4.69, 9.17) is 9.26 Å². The van der Waals surface area contributed by atoms with Gasteiger partial charge in [-0.2, -0.15) is 0 Å². The van der Waals surface area contributed by atoms with Crippen LogP contribution >= 0.6 is 0 Å². The van der Waals surface area contributed by atoms with Gasteiger partial charge in [-0.25, -0.2) is 0 Å². The van der Waals surface area contributed by atoms with Gasteiger partial charge in [0, 0.05) is 25.1 Å². The first-order valence-corrected chi connectivity index (χ1v) is 5.71. The largest absolute Gasteiger partial charge is 0.381 e. The van der Waals surface area contributed by atoms with Gasteiger partial charge in [-0.05, 0) is 26.2 Å². The Labute approximate surface area is 90.0 Å². The van der Waals surface area contributed by atoms with Crippen molar-refractivity contribution < 1.29 is 9.26 Å². The maximum absolute atomic E-state index is 5.33. The molecule has 0 saturated carbocycles. The number of aromatic nitrogens is 1. The van der Waals surface area contributed by atoms with Crippen LogP contribution in [-0.4, -0.2) is 24.9 Å². The fourth-order valence-electron chi connectivity index (χ4n) is 1.88. The van der Waals surface area contributed by atoms with Crippen molar-refractivity contribution >= 4 is 5.88 Å². The maximum atomic E-state index is 5.33. The van der Waals surface area contributed by atoms with E-state index in [1.54, 1.807) is 0 Å². The molecule has 4 nitrogen and oxygen atoms in total. The number of hydrogen-bond acceptors (Lipinski definition) is 4. The summed E-state index contributed by atoms with van der Waals surface area (Å²) in [5.41, 5.74) is 2.32. The first-order valence-electron chi connectivity index (χ1n) is 5.71. The molecule has 15 heavy (non-hydrogen) atoms. The van der Waals surface area contributed by atoms with E-state index >= 15 is 0 Å². The summed E-state index contributed by atoms with van der Waals surface area (Å²) in [6, 6.07) is 0. The van der Waals surface area contributed by atoms with E-state index in [1.807, 2.05) is 6.92 Å². The lowest BCUT2D eigenvalue weighted by Crippen LogP contribution is -2.01. The highest BCUT2D eigenvalue weighted by Crippen LogP contribution is 2.24. The Morgan fingerprint density at radius 2 is 2.40 bits per heavy atom. The molecule has 4 heteroatoms. The highest BCUT2D eigenvalue weighted by Gasteiger charge is 2.17. The van der Waals surface area contributed by atoms with Crippen molar-refractivity contribution in [1.82, 2.24) is 5.16 Å². The predicted octanol–water partition coefficient (Wildman–Crippen LogP) is 2.00. The Morgan fingerprint density at radius 3 is 3.27 bits per heavy atom. The van der Waals surface area contributed by atoms with Crippen LogP contribution in [-0.2, 0) is 17.6 Å². The van der Waals surface area contributed by atoms with E-state index in [-0.39, 0.29) is 0 Å². The number of nitrogens with zero attached hydrogens (tertiary/aromatic N) is 1. The van der Waals surface area contributed by atoms with Crippen LogP contribution in [0.1, 0.15) is 31.0 Å². The molecule has 0 bridgehead atoms. The number of hydrogen-bond donors (Lipinski definition) is 1. The zero-order chi connectivity index (χ0) is 10.5. The van der Waals surface area contributed by atoms with Crippen molar-refractivity contribution in [3.05, 3.63) is 11.3 Å². The molecule has 1 aliphatic rings. The molecule has 1 aliphatic heterocycles. The lowest BCUT2D eigenvalue weighted by atomic mass is 10.1. The molecule has 0 radical (unpaired) electrons. The van der Waals surface area contributed by atoms with Crippen LogP contribution in [0, 0.1) is 0 Å². The Morgan fingerprint density at radius 1 is 1.47 bits per heavy atom. The first-order chi connectivity index (χ1) is 7.42. The molecule has 1 aromatic rings. The summed E-state index contributed by atoms with van der Waals surface area (Å²) < 4.78 is 10.6. The molecule has 2 rings (SSSR count). The summed E-state index contributed by atoms with van der Waals surface area (Å²) >= 11 is 0. The summed E-state index contributed by atoms with van der Waals surface area (Å²) in [5.74, 6) is 0.874. The topological polar surface area (TPSA) is 47.3 Å². The summed E-state index contributed by atoms with van der Waals surface area (Å²) in [7, 11) is 0. The smallest absolute Gasteiger partial charge is 0.228 e. The predicted molar refractivity (Wildman–Crippen MR) is 58.1 cm³/mol. The quantitative estimate of drug-likeness (QED) is 0.772. The summed E-state index contributed by atoms with van der Waals surface area (Å²) in [4.78, 5) is 0. The van der Waals surface area contributed by atoms with Gasteiger partial charge < -0.3 is 14.6 Å². The third kappa shape index (κ3) is 2.50. The molecule has 2 heterocycles. The van der Waals surface area contributed by atoms with Gasteiger partial charge in [0.15, 0.2) is 0 Å². The van der Waals surface area contributed by atoms with Crippen LogP contribution < -0.4 is 5.32 Å². The van der Waals surface area contributed by atoms with Crippen LogP contribution in [0.15, 0.2) is 4.52 Å². The van der Waals surface area contributed by atoms with Crippen molar-refractivity contribution in [3.63, 3.8) is 0 Å². The van der Waals surface area contributed by atoms with Gasteiger partial charge in [0.2, 0.25) is 5.88 Å². The minimum absolute atomic E-state index is 0.732. The van der Waals surface area contributed by atoms with Crippen LogP contribution in [0.25, 0.3) is 0 Å². The Balaban J connectivity index is 2.01. The number of ether oxygens (including phenoxy) is 1. The standard InChI is InChI=1S/C11H18N2O2/c1-2-14-8-6-10-9-5-3-4-7-12-11(9)15-13-10/h12H,2-8H2,1H3. The minimum Gasteiger partial charge on any atom is -0.381 e. The maximum Gasteiger partial charge on any atom is 0.228 e. The van der Waals surface area contributed by atoms with Crippen molar-refractivity contribution in [1.29, 1.82) is 0 Å². The van der Waals surface area contributed by atoms with Gasteiger partial charge in [-0.15, -0.1) is 0 Å². The van der Waals surface area contributed by atoms with E-state index < -0.39 is 0 Å². The molecule has 0 fully saturated rings. The van der Waals surface area contributed by atoms with Crippen molar-refractivity contribution in [2.45, 2.75) is 32.6 Å². The normalized spacial score (nSPS) is 15.5. The van der Waals surface area contributed by atoms with Crippen molar-refractivity contribution in [3.8, 4) is 0 Å². The zero-order valence-corrected chi connectivity index (χ0v) is 9.21. The lowest BCUT2D eigenvalue weighted by Gasteiger charge is -2.00. The lowest BCUT2D eigenvalue weighted by molar-refractivity contribution is 0.149. The molecule has 1 aromatic heterocycles. The van der Waals surface area contributed by atoms with Crippen LogP contribution in [0.4, 0.5) is 5.88 Å². The molecular formula is C11H18N2O2. The van der Waals surface area contributed by atoms with Crippen LogP contribution in [0.5, 0.6) is 0 Å². The molecule has 0 spiro atoms. The van der Waals surface area contributed by atoms with E-state index in [0.717, 1.165) is 44.2 Å². The summed E-state index contributed by atoms with van der Waals surface area (Å²) in [6.45, 7) is 4.49. The molecule has 1 N–H and O–H groups in total. The van der Waals surface area contributed by atoms with E-state index in [9.17, 15) is 0 Å². The molecule has 0 unspecified atom stereocenters. The first kappa shape index (κ1) is 10.5. The Hall–Kier alpha value is -1.03. The number of fused-ring (bicyclic) bond motifs is 1. The molecule has 0 atom stereocenters. The van der Waals surface area contributed by atoms with Crippen LogP contribution in [0.2, 0.25) is 0 Å². The zero-order valence-electron chi connectivity index (χ0n) is 9.21. The van der Waals surface area contributed by atoms with Gasteiger partial charge in [-0.1, -0.05) is 5.16 Å². The highest BCUT2D eigenvalue weighted by molar-refractivity contribution is 5.44. The second-order valence-electron chi connectivity index (χ2n) is 3.77. The number of rotatable bonds is 4. The Kier molecular flexibility index (Phi) is 3.61.